The Balaban J connectivity index is 3.09. The number of carbonyl (C=O) groups is 1. The van der Waals surface area contributed by atoms with Gasteiger partial charge < -0.3 is 0 Å². The largest absolute Gasteiger partial charge is 0.286 e. The molecule has 0 N–H and O–H groups in total. The zero-order chi connectivity index (χ0) is 14.9. The summed E-state index contributed by atoms with van der Waals surface area (Å²) >= 11 is 0. The normalized spacial score (nSPS) is 11.1. The predicted molar refractivity (Wildman–Crippen MR) is 85.6 cm³/mol. The van der Waals surface area contributed by atoms with E-state index in [-0.39, 0.29) is 0 Å². The molecule has 0 fully saturated rings. The summed E-state index contributed by atoms with van der Waals surface area (Å²) in [5.41, 5.74) is 0. The number of carbonyl (C=O) groups excluding carboxylic acids is 1. The van der Waals surface area contributed by atoms with E-state index in [0.29, 0.717) is 6.42 Å². The lowest BCUT2D eigenvalue weighted by Crippen LogP contribution is -1.91. The molecule has 0 bridgehead atoms. The van der Waals surface area contributed by atoms with Crippen LogP contribution in [0.2, 0.25) is 0 Å². The average Bonchev–Trinajstić information content (AvgIpc) is 2.47. The Hall–Kier alpha value is -0.990. The van der Waals surface area contributed by atoms with Gasteiger partial charge in [0.2, 0.25) is 0 Å². The fourth-order valence-electron chi connectivity index (χ4n) is 2.22. The van der Waals surface area contributed by atoms with Crippen molar-refractivity contribution in [3.05, 3.63) is 17.1 Å². The fourth-order valence-corrected chi connectivity index (χ4v) is 2.22. The van der Waals surface area contributed by atoms with Crippen LogP contribution in [-0.2, 0) is 4.79 Å². The van der Waals surface area contributed by atoms with Crippen LogP contribution in [0, 0.1) is 4.91 Å². The highest BCUT2D eigenvalue weighted by Crippen LogP contribution is 2.10. The quantitative estimate of drug-likeness (QED) is 0.225. The summed E-state index contributed by atoms with van der Waals surface area (Å²) in [6.07, 6.45) is 19.5. The second-order valence-corrected chi connectivity index (χ2v) is 5.47. The number of nitroso groups, excluding NO2 is 1. The Morgan fingerprint density at radius 2 is 1.30 bits per heavy atom. The third kappa shape index (κ3) is 15.1. The average molecular weight is 281 g/mol. The molecule has 1 amide bonds. The summed E-state index contributed by atoms with van der Waals surface area (Å²) in [6, 6.07) is 0. The van der Waals surface area contributed by atoms with Gasteiger partial charge in [-0.2, -0.15) is 0 Å². The fraction of sp³-hybridized carbons (Fsp3) is 0.824. The van der Waals surface area contributed by atoms with Crippen molar-refractivity contribution in [2.45, 2.75) is 90.4 Å². The van der Waals surface area contributed by atoms with Crippen molar-refractivity contribution in [2.75, 3.05) is 0 Å². The maximum Gasteiger partial charge on any atom is 0.286 e. The highest BCUT2D eigenvalue weighted by Gasteiger charge is 1.99. The van der Waals surface area contributed by atoms with Gasteiger partial charge in [0.05, 0.1) is 0 Å². The van der Waals surface area contributed by atoms with Gasteiger partial charge in [0.15, 0.2) is 0 Å². The van der Waals surface area contributed by atoms with Gasteiger partial charge in [0.25, 0.3) is 5.91 Å². The first-order valence-electron chi connectivity index (χ1n) is 8.32. The highest BCUT2D eigenvalue weighted by molar-refractivity contribution is 5.76. The smallest absolute Gasteiger partial charge is 0.269 e. The van der Waals surface area contributed by atoms with Crippen LogP contribution in [0.25, 0.3) is 0 Å². The molecule has 0 unspecified atom stereocenters. The molecule has 0 saturated carbocycles. The SMILES string of the molecule is CCCCC/C=C\CCCCCCCCCC(=O)N=O. The van der Waals surface area contributed by atoms with Crippen molar-refractivity contribution in [3.63, 3.8) is 0 Å². The molecule has 0 aliphatic heterocycles. The number of allylic oxidation sites excluding steroid dienone is 2. The van der Waals surface area contributed by atoms with Gasteiger partial charge in [-0.25, -0.2) is 0 Å². The van der Waals surface area contributed by atoms with Crippen LogP contribution in [0.5, 0.6) is 0 Å². The van der Waals surface area contributed by atoms with Gasteiger partial charge in [-0.3, -0.25) is 4.79 Å². The third-order valence-corrected chi connectivity index (χ3v) is 3.50. The zero-order valence-electron chi connectivity index (χ0n) is 13.1. The summed E-state index contributed by atoms with van der Waals surface area (Å²) < 4.78 is 0. The molecule has 3 nitrogen and oxygen atoms in total. The first-order chi connectivity index (χ1) is 9.81. The molecule has 0 aromatic rings. The number of nitrogens with zero attached hydrogens (tertiary/aromatic N) is 1. The van der Waals surface area contributed by atoms with Gasteiger partial charge in [-0.05, 0) is 32.1 Å². The van der Waals surface area contributed by atoms with Crippen LogP contribution in [-0.4, -0.2) is 5.91 Å². The molecule has 20 heavy (non-hydrogen) atoms. The lowest BCUT2D eigenvalue weighted by molar-refractivity contribution is -0.118. The number of hydrogen-bond acceptors (Lipinski definition) is 2. The Bertz CT molecular complexity index is 262. The van der Waals surface area contributed by atoms with Crippen LogP contribution < -0.4 is 0 Å². The van der Waals surface area contributed by atoms with Gasteiger partial charge >= 0.3 is 0 Å². The zero-order valence-corrected chi connectivity index (χ0v) is 13.1. The van der Waals surface area contributed by atoms with Crippen molar-refractivity contribution >= 4 is 5.91 Å². The van der Waals surface area contributed by atoms with E-state index < -0.39 is 5.91 Å². The van der Waals surface area contributed by atoms with Gasteiger partial charge in [0, 0.05) is 11.6 Å². The lowest BCUT2D eigenvalue weighted by Gasteiger charge is -2.00. The molecule has 0 aromatic carbocycles. The molecule has 0 spiro atoms. The molecule has 0 rings (SSSR count). The second kappa shape index (κ2) is 16.1. The first-order valence-corrected chi connectivity index (χ1v) is 8.32. The van der Waals surface area contributed by atoms with Gasteiger partial charge in [-0.15, -0.1) is 4.91 Å². The predicted octanol–water partition coefficient (Wildman–Crippen LogP) is 5.93. The minimum atomic E-state index is -0.504. The Labute approximate surface area is 124 Å². The summed E-state index contributed by atoms with van der Waals surface area (Å²) in [5, 5.41) is 2.39. The Morgan fingerprint density at radius 3 is 1.85 bits per heavy atom. The number of hydrogen-bond donors (Lipinski definition) is 0. The highest BCUT2D eigenvalue weighted by atomic mass is 16.3. The maximum atomic E-state index is 10.6. The van der Waals surface area contributed by atoms with E-state index in [1.807, 2.05) is 0 Å². The molecule has 0 aliphatic rings. The van der Waals surface area contributed by atoms with E-state index in [4.69, 9.17) is 0 Å². The van der Waals surface area contributed by atoms with E-state index in [0.717, 1.165) is 12.8 Å². The molecular weight excluding hydrogens is 250 g/mol. The molecule has 0 aromatic heterocycles. The van der Waals surface area contributed by atoms with Crippen molar-refractivity contribution in [2.24, 2.45) is 5.18 Å². The second-order valence-electron chi connectivity index (χ2n) is 5.47. The van der Waals surface area contributed by atoms with E-state index in [1.165, 1.54) is 64.2 Å². The summed E-state index contributed by atoms with van der Waals surface area (Å²) in [4.78, 5) is 20.5. The molecule has 0 aliphatic carbocycles. The monoisotopic (exact) mass is 281 g/mol. The molecule has 3 heteroatoms. The first kappa shape index (κ1) is 19.0. The third-order valence-electron chi connectivity index (χ3n) is 3.50. The van der Waals surface area contributed by atoms with Crippen LogP contribution in [0.15, 0.2) is 17.3 Å². The number of rotatable bonds is 14. The van der Waals surface area contributed by atoms with Crippen molar-refractivity contribution in [3.8, 4) is 0 Å². The van der Waals surface area contributed by atoms with Crippen molar-refractivity contribution in [1.29, 1.82) is 0 Å². The van der Waals surface area contributed by atoms with Crippen molar-refractivity contribution < 1.29 is 4.79 Å². The summed E-state index contributed by atoms with van der Waals surface area (Å²) in [5.74, 6) is -0.504. The molecule has 0 heterocycles. The lowest BCUT2D eigenvalue weighted by atomic mass is 10.1. The van der Waals surface area contributed by atoms with E-state index in [9.17, 15) is 9.70 Å². The van der Waals surface area contributed by atoms with E-state index >= 15 is 0 Å². The molecule has 0 atom stereocenters. The Kier molecular flexibility index (Phi) is 15.3. The number of amides is 1. The maximum absolute atomic E-state index is 10.6. The van der Waals surface area contributed by atoms with Crippen molar-refractivity contribution in [1.82, 2.24) is 0 Å². The minimum absolute atomic E-state index is 0.326. The summed E-state index contributed by atoms with van der Waals surface area (Å²) in [7, 11) is 0. The minimum Gasteiger partial charge on any atom is -0.269 e. The topological polar surface area (TPSA) is 46.5 Å². The number of unbranched alkanes of at least 4 members (excludes halogenated alkanes) is 10. The summed E-state index contributed by atoms with van der Waals surface area (Å²) in [6.45, 7) is 2.24. The standard InChI is InChI=1S/C17H31NO2/c1-2-3-4-5-6-7-8-9-10-11-12-13-14-15-16-17(19)18-20/h6-7H,2-5,8-16H2,1H3/b7-6-. The van der Waals surface area contributed by atoms with Crippen LogP contribution in [0.3, 0.4) is 0 Å². The van der Waals surface area contributed by atoms with E-state index in [1.54, 1.807) is 0 Å². The molecule has 0 radical (unpaired) electrons. The molecular formula is C17H31NO2. The van der Waals surface area contributed by atoms with Gasteiger partial charge in [0.1, 0.15) is 0 Å². The van der Waals surface area contributed by atoms with Crippen LogP contribution in [0.1, 0.15) is 90.4 Å². The van der Waals surface area contributed by atoms with Crippen LogP contribution in [0.4, 0.5) is 0 Å². The van der Waals surface area contributed by atoms with Crippen LogP contribution >= 0.6 is 0 Å². The van der Waals surface area contributed by atoms with E-state index in [2.05, 4.69) is 24.3 Å². The molecule has 116 valence electrons. The molecule has 0 saturated heterocycles. The van der Waals surface area contributed by atoms with Gasteiger partial charge in [-0.1, -0.05) is 64.0 Å². The Morgan fingerprint density at radius 1 is 0.800 bits per heavy atom.